The lowest BCUT2D eigenvalue weighted by Gasteiger charge is -2.00. The first-order valence-corrected chi connectivity index (χ1v) is 5.93. The van der Waals surface area contributed by atoms with Crippen molar-refractivity contribution in [3.05, 3.63) is 64.5 Å². The van der Waals surface area contributed by atoms with Gasteiger partial charge < -0.3 is 0 Å². The van der Waals surface area contributed by atoms with Crippen molar-refractivity contribution >= 4 is 0 Å². The zero-order valence-electron chi connectivity index (χ0n) is 11.4. The summed E-state index contributed by atoms with van der Waals surface area (Å²) in [6.45, 7) is 10.5. The number of benzene rings is 1. The summed E-state index contributed by atoms with van der Waals surface area (Å²) >= 11 is 0. The molecule has 0 saturated carbocycles. The second-order valence-corrected chi connectivity index (χ2v) is 4.42. The van der Waals surface area contributed by atoms with Crippen molar-refractivity contribution in [1.29, 1.82) is 0 Å². The molecule has 0 radical (unpaired) electrons. The number of hydrogen-bond acceptors (Lipinski definition) is 1. The van der Waals surface area contributed by atoms with Gasteiger partial charge in [-0.2, -0.15) is 0 Å². The van der Waals surface area contributed by atoms with Gasteiger partial charge in [-0.05, 0) is 62.9 Å². The molecule has 0 N–H and O–H groups in total. The Balaban J connectivity index is 0.000000171. The molecule has 2 aromatic rings. The Labute approximate surface area is 105 Å². The fourth-order valence-corrected chi connectivity index (χ4v) is 1.46. The molecule has 1 heterocycles. The third-order valence-corrected chi connectivity index (χ3v) is 3.15. The number of aromatic nitrogens is 1. The highest BCUT2D eigenvalue weighted by molar-refractivity contribution is 5.31. The predicted octanol–water partition coefficient (Wildman–Crippen LogP) is 4.31. The first-order chi connectivity index (χ1) is 8.02. The molecule has 0 aliphatic heterocycles. The van der Waals surface area contributed by atoms with E-state index in [1.807, 2.05) is 19.2 Å². The highest BCUT2D eigenvalue weighted by atomic mass is 14.6. The first kappa shape index (κ1) is 13.4. The molecule has 0 atom stereocenters. The summed E-state index contributed by atoms with van der Waals surface area (Å²) in [4.78, 5) is 4.08. The molecule has 17 heavy (non-hydrogen) atoms. The van der Waals surface area contributed by atoms with E-state index in [4.69, 9.17) is 0 Å². The molecule has 0 aliphatic carbocycles. The molecule has 2 rings (SSSR count). The van der Waals surface area contributed by atoms with Crippen LogP contribution in [0.15, 0.2) is 36.5 Å². The maximum absolute atomic E-state index is 4.08. The Morgan fingerprint density at radius 3 is 1.59 bits per heavy atom. The van der Waals surface area contributed by atoms with Gasteiger partial charge in [0.2, 0.25) is 0 Å². The van der Waals surface area contributed by atoms with Gasteiger partial charge in [0.15, 0.2) is 0 Å². The third kappa shape index (κ3) is 4.03. The Bertz CT molecular complexity index is 445. The summed E-state index contributed by atoms with van der Waals surface area (Å²) in [7, 11) is 0. The molecule has 1 aromatic carbocycles. The van der Waals surface area contributed by atoms with Crippen LogP contribution in [0.3, 0.4) is 0 Å². The number of nitrogens with zero attached hydrogens (tertiary/aromatic N) is 1. The van der Waals surface area contributed by atoms with E-state index in [1.165, 1.54) is 22.3 Å². The van der Waals surface area contributed by atoms with Gasteiger partial charge >= 0.3 is 0 Å². The molecule has 0 fully saturated rings. The highest BCUT2D eigenvalue weighted by Gasteiger charge is 1.91. The van der Waals surface area contributed by atoms with Crippen LogP contribution >= 0.6 is 0 Å². The second-order valence-electron chi connectivity index (χ2n) is 4.42. The van der Waals surface area contributed by atoms with E-state index < -0.39 is 0 Å². The second kappa shape index (κ2) is 6.19. The summed E-state index contributed by atoms with van der Waals surface area (Å²) in [6.07, 6.45) is 1.81. The Hall–Kier alpha value is -1.63. The van der Waals surface area contributed by atoms with Gasteiger partial charge in [-0.25, -0.2) is 0 Å². The van der Waals surface area contributed by atoms with E-state index >= 15 is 0 Å². The molecule has 0 bridgehead atoms. The van der Waals surface area contributed by atoms with Gasteiger partial charge in [-0.3, -0.25) is 4.98 Å². The van der Waals surface area contributed by atoms with Crippen LogP contribution < -0.4 is 0 Å². The van der Waals surface area contributed by atoms with Gasteiger partial charge in [0, 0.05) is 11.9 Å². The van der Waals surface area contributed by atoms with Crippen molar-refractivity contribution in [2.24, 2.45) is 0 Å². The molecule has 0 aliphatic rings. The van der Waals surface area contributed by atoms with Crippen molar-refractivity contribution in [2.75, 3.05) is 0 Å². The smallest absolute Gasteiger partial charge is 0.0401 e. The quantitative estimate of drug-likeness (QED) is 0.653. The van der Waals surface area contributed by atoms with Crippen LogP contribution in [0.5, 0.6) is 0 Å². The molecule has 1 aromatic heterocycles. The van der Waals surface area contributed by atoms with E-state index in [-0.39, 0.29) is 0 Å². The van der Waals surface area contributed by atoms with Crippen LogP contribution in [-0.4, -0.2) is 4.98 Å². The van der Waals surface area contributed by atoms with Crippen LogP contribution in [0, 0.1) is 34.6 Å². The number of aryl methyl sites for hydroxylation is 4. The fraction of sp³-hybridized carbons (Fsp3) is 0.312. The molecular formula is C16H21N. The summed E-state index contributed by atoms with van der Waals surface area (Å²) in [5, 5.41) is 0. The van der Waals surface area contributed by atoms with Crippen molar-refractivity contribution < 1.29 is 0 Å². The van der Waals surface area contributed by atoms with E-state index in [2.05, 4.69) is 56.9 Å². The van der Waals surface area contributed by atoms with Crippen molar-refractivity contribution in [3.63, 3.8) is 0 Å². The maximum atomic E-state index is 4.08. The molecule has 1 heteroatoms. The van der Waals surface area contributed by atoms with Gasteiger partial charge in [-0.1, -0.05) is 24.3 Å². The molecule has 1 nitrogen and oxygen atoms in total. The summed E-state index contributed by atoms with van der Waals surface area (Å²) in [6, 6.07) is 10.4. The maximum Gasteiger partial charge on any atom is 0.0401 e. The minimum absolute atomic E-state index is 1.12. The number of pyridine rings is 1. The Morgan fingerprint density at radius 2 is 1.24 bits per heavy atom. The zero-order valence-corrected chi connectivity index (χ0v) is 11.4. The fourth-order valence-electron chi connectivity index (χ4n) is 1.46. The molecule has 0 amide bonds. The van der Waals surface area contributed by atoms with E-state index in [0.29, 0.717) is 0 Å². The lowest BCUT2D eigenvalue weighted by molar-refractivity contribution is 1.15. The minimum atomic E-state index is 1.12. The van der Waals surface area contributed by atoms with Crippen LogP contribution in [-0.2, 0) is 0 Å². The molecule has 0 saturated heterocycles. The average molecular weight is 227 g/mol. The average Bonchev–Trinajstić information content (AvgIpc) is 2.31. The molecule has 0 unspecified atom stereocenters. The molecule has 90 valence electrons. The van der Waals surface area contributed by atoms with Gasteiger partial charge in [0.25, 0.3) is 0 Å². The zero-order chi connectivity index (χ0) is 12.8. The van der Waals surface area contributed by atoms with Crippen molar-refractivity contribution in [1.82, 2.24) is 4.98 Å². The van der Waals surface area contributed by atoms with E-state index in [1.54, 1.807) is 0 Å². The summed E-state index contributed by atoms with van der Waals surface area (Å²) in [5.41, 5.74) is 6.56. The lowest BCUT2D eigenvalue weighted by atomic mass is 10.1. The van der Waals surface area contributed by atoms with E-state index in [0.717, 1.165) is 5.69 Å². The molecule has 0 spiro atoms. The van der Waals surface area contributed by atoms with Crippen LogP contribution in [0.4, 0.5) is 0 Å². The number of hydrogen-bond donors (Lipinski definition) is 0. The van der Waals surface area contributed by atoms with Crippen LogP contribution in [0.1, 0.15) is 27.9 Å². The van der Waals surface area contributed by atoms with Crippen LogP contribution in [0.2, 0.25) is 0 Å². The summed E-state index contributed by atoms with van der Waals surface area (Å²) in [5.74, 6) is 0. The standard InChI is InChI=1S/C9H12.C7H9N/c1-7-5-4-6-8(2)9(7)3;1-6-4-3-5-8-7(6)2/h4-6H,1-3H3;3-5H,1-2H3. The van der Waals surface area contributed by atoms with Crippen molar-refractivity contribution in [2.45, 2.75) is 34.6 Å². The molecular weight excluding hydrogens is 206 g/mol. The van der Waals surface area contributed by atoms with Gasteiger partial charge in [-0.15, -0.1) is 0 Å². The monoisotopic (exact) mass is 227 g/mol. The SMILES string of the molecule is Cc1cccc(C)c1C.Cc1cccnc1C. The topological polar surface area (TPSA) is 12.9 Å². The summed E-state index contributed by atoms with van der Waals surface area (Å²) < 4.78 is 0. The first-order valence-electron chi connectivity index (χ1n) is 5.93. The minimum Gasteiger partial charge on any atom is -0.261 e. The normalized spacial score (nSPS) is 9.47. The third-order valence-electron chi connectivity index (χ3n) is 3.15. The van der Waals surface area contributed by atoms with Crippen LogP contribution in [0.25, 0.3) is 0 Å². The number of rotatable bonds is 0. The van der Waals surface area contributed by atoms with Gasteiger partial charge in [0.05, 0.1) is 0 Å². The highest BCUT2D eigenvalue weighted by Crippen LogP contribution is 2.09. The Morgan fingerprint density at radius 1 is 0.706 bits per heavy atom. The largest absolute Gasteiger partial charge is 0.261 e. The Kier molecular flexibility index (Phi) is 4.89. The lowest BCUT2D eigenvalue weighted by Crippen LogP contribution is -1.82. The predicted molar refractivity (Wildman–Crippen MR) is 74.4 cm³/mol. The van der Waals surface area contributed by atoms with Crippen molar-refractivity contribution in [3.8, 4) is 0 Å². The van der Waals surface area contributed by atoms with Gasteiger partial charge in [0.1, 0.15) is 0 Å². The van der Waals surface area contributed by atoms with E-state index in [9.17, 15) is 0 Å².